The number of hydrogen-bond donors (Lipinski definition) is 1. The van der Waals surface area contributed by atoms with Crippen molar-refractivity contribution in [1.82, 2.24) is 4.98 Å². The number of benzene rings is 2. The Morgan fingerprint density at radius 2 is 1.71 bits per heavy atom. The number of H-pyrrole nitrogens is 1. The van der Waals surface area contributed by atoms with E-state index in [0.717, 1.165) is 0 Å². The van der Waals surface area contributed by atoms with Crippen molar-refractivity contribution in [3.8, 4) is 0 Å². The molecule has 0 bridgehead atoms. The summed E-state index contributed by atoms with van der Waals surface area (Å²) in [5.41, 5.74) is 7.19. The predicted molar refractivity (Wildman–Crippen MR) is 89.0 cm³/mol. The summed E-state index contributed by atoms with van der Waals surface area (Å²) in [5, 5.41) is 1.40. The van der Waals surface area contributed by atoms with Crippen molar-refractivity contribution in [2.45, 2.75) is 38.5 Å². The molecule has 0 saturated carbocycles. The Labute approximate surface area is 126 Å². The lowest BCUT2D eigenvalue weighted by Crippen LogP contribution is -2.12. The molecule has 0 aliphatic heterocycles. The van der Waals surface area contributed by atoms with Crippen LogP contribution < -0.4 is 0 Å². The molecule has 1 aromatic heterocycles. The van der Waals surface area contributed by atoms with E-state index in [1.165, 1.54) is 39.7 Å². The lowest BCUT2D eigenvalue weighted by molar-refractivity contribution is 0.501. The number of nitrogens with one attached hydrogen (secondary N) is 1. The van der Waals surface area contributed by atoms with Gasteiger partial charge in [-0.25, -0.2) is 0 Å². The molecule has 1 atom stereocenters. The summed E-state index contributed by atoms with van der Waals surface area (Å²) in [4.78, 5) is 3.69. The van der Waals surface area contributed by atoms with Gasteiger partial charge < -0.3 is 4.98 Å². The van der Waals surface area contributed by atoms with Crippen LogP contribution in [0.2, 0.25) is 0 Å². The zero-order valence-corrected chi connectivity index (χ0v) is 12.9. The second-order valence-electron chi connectivity index (χ2n) is 7.01. The minimum atomic E-state index is 0.227. The maximum absolute atomic E-state index is 3.69. The highest BCUT2D eigenvalue weighted by Crippen LogP contribution is 2.51. The molecule has 106 valence electrons. The zero-order valence-electron chi connectivity index (χ0n) is 12.9. The third-order valence-electron chi connectivity index (χ3n) is 4.95. The van der Waals surface area contributed by atoms with Crippen LogP contribution in [0.5, 0.6) is 0 Å². The molecule has 1 heterocycles. The average molecular weight is 275 g/mol. The first kappa shape index (κ1) is 12.7. The predicted octanol–water partition coefficient (Wildman–Crippen LogP) is 5.29. The van der Waals surface area contributed by atoms with Crippen LogP contribution in [0.3, 0.4) is 0 Å². The molecule has 1 unspecified atom stereocenters. The summed E-state index contributed by atoms with van der Waals surface area (Å²) >= 11 is 0. The van der Waals surface area contributed by atoms with Crippen LogP contribution in [-0.4, -0.2) is 4.98 Å². The third-order valence-corrected chi connectivity index (χ3v) is 4.95. The van der Waals surface area contributed by atoms with Gasteiger partial charge in [0, 0.05) is 22.5 Å². The van der Waals surface area contributed by atoms with Crippen molar-refractivity contribution >= 4 is 10.9 Å². The van der Waals surface area contributed by atoms with E-state index in [1.807, 2.05) is 0 Å². The summed E-state index contributed by atoms with van der Waals surface area (Å²) in [5.74, 6) is 0.489. The van der Waals surface area contributed by atoms with Gasteiger partial charge in [-0.3, -0.25) is 0 Å². The number of fused-ring (bicyclic) bond motifs is 3. The molecule has 0 fully saturated rings. The van der Waals surface area contributed by atoms with E-state index >= 15 is 0 Å². The molecular formula is C20H21N. The van der Waals surface area contributed by atoms with Crippen molar-refractivity contribution in [3.63, 3.8) is 0 Å². The maximum atomic E-state index is 3.69. The molecule has 3 aromatic rings. The van der Waals surface area contributed by atoms with Crippen LogP contribution in [0.1, 0.15) is 48.6 Å². The second-order valence-corrected chi connectivity index (χ2v) is 7.01. The summed E-state index contributed by atoms with van der Waals surface area (Å²) in [6.45, 7) is 6.90. The Kier molecular flexibility index (Phi) is 2.56. The van der Waals surface area contributed by atoms with Gasteiger partial charge in [-0.1, -0.05) is 61.9 Å². The monoisotopic (exact) mass is 275 g/mol. The third kappa shape index (κ3) is 1.84. The standard InChI is InChI=1S/C20H21N/c1-13-8-10-14(11-9-13)16-12-20(2,3)18-15-6-4-5-7-17(15)21-19(16)18/h4-11,16,21H,12H2,1-3H3. The van der Waals surface area contributed by atoms with Crippen LogP contribution in [-0.2, 0) is 5.41 Å². The topological polar surface area (TPSA) is 15.8 Å². The normalized spacial score (nSPS) is 19.9. The SMILES string of the molecule is Cc1ccc(C2CC(C)(C)c3c2[nH]c2ccccc32)cc1. The summed E-state index contributed by atoms with van der Waals surface area (Å²) in [6, 6.07) is 17.7. The number of hydrogen-bond acceptors (Lipinski definition) is 0. The Bertz CT molecular complexity index is 805. The summed E-state index contributed by atoms with van der Waals surface area (Å²) in [7, 11) is 0. The van der Waals surface area contributed by atoms with Crippen LogP contribution in [0.15, 0.2) is 48.5 Å². The summed E-state index contributed by atoms with van der Waals surface area (Å²) in [6.07, 6.45) is 1.18. The Hall–Kier alpha value is -2.02. The number of aromatic amines is 1. The molecule has 4 rings (SSSR count). The fraction of sp³-hybridized carbons (Fsp3) is 0.300. The molecule has 1 N–H and O–H groups in total. The molecule has 0 spiro atoms. The molecular weight excluding hydrogens is 254 g/mol. The van der Waals surface area contributed by atoms with Gasteiger partial charge in [0.1, 0.15) is 0 Å². The minimum Gasteiger partial charge on any atom is -0.358 e. The molecule has 1 heteroatoms. The van der Waals surface area contributed by atoms with Crippen molar-refractivity contribution in [2.75, 3.05) is 0 Å². The quantitative estimate of drug-likeness (QED) is 0.621. The van der Waals surface area contributed by atoms with Crippen molar-refractivity contribution in [2.24, 2.45) is 0 Å². The highest BCUT2D eigenvalue weighted by molar-refractivity contribution is 5.87. The van der Waals surface area contributed by atoms with E-state index in [0.29, 0.717) is 5.92 Å². The average Bonchev–Trinajstić information content (AvgIpc) is 2.96. The number of para-hydroxylation sites is 1. The van der Waals surface area contributed by atoms with E-state index in [1.54, 1.807) is 0 Å². The van der Waals surface area contributed by atoms with Gasteiger partial charge in [0.05, 0.1) is 0 Å². The Morgan fingerprint density at radius 3 is 2.48 bits per heavy atom. The molecule has 1 aliphatic carbocycles. The van der Waals surface area contributed by atoms with Crippen molar-refractivity contribution < 1.29 is 0 Å². The molecule has 21 heavy (non-hydrogen) atoms. The fourth-order valence-corrected chi connectivity index (χ4v) is 3.95. The maximum Gasteiger partial charge on any atom is 0.0459 e. The van der Waals surface area contributed by atoms with Gasteiger partial charge in [0.15, 0.2) is 0 Å². The molecule has 1 nitrogen and oxygen atoms in total. The largest absolute Gasteiger partial charge is 0.358 e. The van der Waals surface area contributed by atoms with Crippen LogP contribution in [0, 0.1) is 6.92 Å². The first-order chi connectivity index (χ1) is 10.1. The van der Waals surface area contributed by atoms with Gasteiger partial charge in [0.2, 0.25) is 0 Å². The van der Waals surface area contributed by atoms with Crippen LogP contribution >= 0.6 is 0 Å². The lowest BCUT2D eigenvalue weighted by Gasteiger charge is -2.20. The minimum absolute atomic E-state index is 0.227. The smallest absolute Gasteiger partial charge is 0.0459 e. The zero-order chi connectivity index (χ0) is 14.6. The molecule has 0 amide bonds. The van der Waals surface area contributed by atoms with Crippen LogP contribution in [0.25, 0.3) is 10.9 Å². The van der Waals surface area contributed by atoms with Crippen molar-refractivity contribution in [1.29, 1.82) is 0 Å². The summed E-state index contributed by atoms with van der Waals surface area (Å²) < 4.78 is 0. The molecule has 1 aliphatic rings. The van der Waals surface area contributed by atoms with Gasteiger partial charge >= 0.3 is 0 Å². The number of aromatic nitrogens is 1. The number of aryl methyl sites for hydroxylation is 1. The van der Waals surface area contributed by atoms with E-state index in [4.69, 9.17) is 0 Å². The van der Waals surface area contributed by atoms with Gasteiger partial charge in [0.25, 0.3) is 0 Å². The van der Waals surface area contributed by atoms with E-state index in [2.05, 4.69) is 74.3 Å². The highest BCUT2D eigenvalue weighted by atomic mass is 14.8. The van der Waals surface area contributed by atoms with E-state index in [-0.39, 0.29) is 5.41 Å². The van der Waals surface area contributed by atoms with E-state index < -0.39 is 0 Å². The van der Waals surface area contributed by atoms with Gasteiger partial charge in [-0.2, -0.15) is 0 Å². The van der Waals surface area contributed by atoms with Crippen LogP contribution in [0.4, 0.5) is 0 Å². The molecule has 0 saturated heterocycles. The molecule has 2 aromatic carbocycles. The number of rotatable bonds is 1. The van der Waals surface area contributed by atoms with Crippen molar-refractivity contribution in [3.05, 3.63) is 70.9 Å². The first-order valence-electron chi connectivity index (χ1n) is 7.74. The lowest BCUT2D eigenvalue weighted by atomic mass is 9.83. The molecule has 0 radical (unpaired) electrons. The second kappa shape index (κ2) is 4.24. The van der Waals surface area contributed by atoms with Gasteiger partial charge in [-0.15, -0.1) is 0 Å². The fourth-order valence-electron chi connectivity index (χ4n) is 3.95. The Morgan fingerprint density at radius 1 is 1.00 bits per heavy atom. The van der Waals surface area contributed by atoms with E-state index in [9.17, 15) is 0 Å². The highest BCUT2D eigenvalue weighted by Gasteiger charge is 2.40. The van der Waals surface area contributed by atoms with Gasteiger partial charge in [-0.05, 0) is 36.0 Å². The Balaban J connectivity index is 1.93. The first-order valence-corrected chi connectivity index (χ1v) is 7.74.